The highest BCUT2D eigenvalue weighted by Gasteiger charge is 2.09. The van der Waals surface area contributed by atoms with Crippen molar-refractivity contribution < 1.29 is 4.74 Å². The van der Waals surface area contributed by atoms with Gasteiger partial charge in [0.25, 0.3) is 0 Å². The zero-order chi connectivity index (χ0) is 15.8. The third kappa shape index (κ3) is 4.93. The van der Waals surface area contributed by atoms with Gasteiger partial charge in [-0.15, -0.1) is 0 Å². The molecule has 0 aliphatic heterocycles. The van der Waals surface area contributed by atoms with Gasteiger partial charge < -0.3 is 4.74 Å². The summed E-state index contributed by atoms with van der Waals surface area (Å²) in [6.07, 6.45) is 6.83. The molecule has 0 heterocycles. The molecular weight excluding hydrogens is 290 g/mol. The molecule has 0 amide bonds. The van der Waals surface area contributed by atoms with E-state index < -0.39 is 0 Å². The number of ether oxygens (including phenoxy) is 1. The van der Waals surface area contributed by atoms with Crippen molar-refractivity contribution in [2.75, 3.05) is 19.8 Å². The Bertz CT molecular complexity index is 631. The summed E-state index contributed by atoms with van der Waals surface area (Å²) in [7, 11) is 4.12. The summed E-state index contributed by atoms with van der Waals surface area (Å²) in [5.74, 6) is 1.95. The molecule has 2 aromatic rings. The van der Waals surface area contributed by atoms with Crippen LogP contribution >= 0.6 is 11.9 Å². The number of hydrogen-bond donors (Lipinski definition) is 0. The summed E-state index contributed by atoms with van der Waals surface area (Å²) in [4.78, 5) is 0. The molecule has 0 aliphatic carbocycles. The summed E-state index contributed by atoms with van der Waals surface area (Å²) in [5, 5.41) is 2.36. The van der Waals surface area contributed by atoms with Crippen molar-refractivity contribution in [1.29, 1.82) is 0 Å². The van der Waals surface area contributed by atoms with Crippen LogP contribution < -0.4 is 4.74 Å². The van der Waals surface area contributed by atoms with Gasteiger partial charge in [-0.3, -0.25) is 4.31 Å². The van der Waals surface area contributed by atoms with Crippen LogP contribution in [0.2, 0.25) is 0 Å². The molecule has 2 nitrogen and oxygen atoms in total. The molecule has 1 unspecified atom stereocenters. The Morgan fingerprint density at radius 3 is 2.73 bits per heavy atom. The Morgan fingerprint density at radius 1 is 1.18 bits per heavy atom. The third-order valence-electron chi connectivity index (χ3n) is 3.24. The van der Waals surface area contributed by atoms with Crippen molar-refractivity contribution in [2.45, 2.75) is 12.5 Å². The summed E-state index contributed by atoms with van der Waals surface area (Å²) < 4.78 is 8.36. The zero-order valence-corrected chi connectivity index (χ0v) is 14.1. The summed E-state index contributed by atoms with van der Waals surface area (Å²) in [6.45, 7) is 3.74. The van der Waals surface area contributed by atoms with E-state index in [1.165, 1.54) is 5.39 Å². The van der Waals surface area contributed by atoms with Gasteiger partial charge in [-0.2, -0.15) is 0 Å². The van der Waals surface area contributed by atoms with Crippen LogP contribution in [0.3, 0.4) is 0 Å². The predicted octanol–water partition coefficient (Wildman–Crippen LogP) is 4.93. The van der Waals surface area contributed by atoms with Gasteiger partial charge in [0.1, 0.15) is 11.9 Å². The van der Waals surface area contributed by atoms with Gasteiger partial charge in [0, 0.05) is 11.1 Å². The van der Waals surface area contributed by atoms with Crippen molar-refractivity contribution in [3.8, 4) is 5.75 Å². The topological polar surface area (TPSA) is 12.5 Å². The van der Waals surface area contributed by atoms with Gasteiger partial charge in [0.15, 0.2) is 0 Å². The minimum atomic E-state index is 0.0521. The Morgan fingerprint density at radius 2 is 1.95 bits per heavy atom. The van der Waals surface area contributed by atoms with E-state index in [2.05, 4.69) is 55.3 Å². The van der Waals surface area contributed by atoms with E-state index >= 15 is 0 Å². The first kappa shape index (κ1) is 16.7. The molecule has 0 fully saturated rings. The molecule has 0 aromatic heterocycles. The fourth-order valence-corrected chi connectivity index (χ4v) is 2.91. The first-order valence-corrected chi connectivity index (χ1v) is 8.39. The lowest BCUT2D eigenvalue weighted by Gasteiger charge is -2.18. The van der Waals surface area contributed by atoms with Crippen LogP contribution in [0.15, 0.2) is 67.3 Å². The molecule has 0 saturated carbocycles. The van der Waals surface area contributed by atoms with E-state index in [0.29, 0.717) is 0 Å². The van der Waals surface area contributed by atoms with E-state index in [9.17, 15) is 0 Å². The van der Waals surface area contributed by atoms with Gasteiger partial charge in [-0.05, 0) is 38.0 Å². The van der Waals surface area contributed by atoms with Crippen LogP contribution in [0.5, 0.6) is 5.75 Å². The van der Waals surface area contributed by atoms with Crippen LogP contribution in [-0.2, 0) is 0 Å². The molecule has 1 atom stereocenters. The molecule has 2 rings (SSSR count). The fourth-order valence-electron chi connectivity index (χ4n) is 2.21. The average molecular weight is 313 g/mol. The van der Waals surface area contributed by atoms with E-state index in [0.717, 1.165) is 23.3 Å². The van der Waals surface area contributed by atoms with Gasteiger partial charge >= 0.3 is 0 Å². The minimum absolute atomic E-state index is 0.0521. The summed E-state index contributed by atoms with van der Waals surface area (Å²) in [5.41, 5.74) is 0. The number of allylic oxidation sites excluding steroid dienone is 2. The molecule has 22 heavy (non-hydrogen) atoms. The normalized spacial score (nSPS) is 12.9. The van der Waals surface area contributed by atoms with E-state index in [1.54, 1.807) is 18.0 Å². The van der Waals surface area contributed by atoms with Crippen LogP contribution in [0.1, 0.15) is 6.42 Å². The van der Waals surface area contributed by atoms with Crippen molar-refractivity contribution in [2.24, 2.45) is 0 Å². The first-order chi connectivity index (χ1) is 10.7. The average Bonchev–Trinajstić information content (AvgIpc) is 2.52. The molecule has 2 aromatic carbocycles. The highest BCUT2D eigenvalue weighted by atomic mass is 32.2. The second-order valence-electron chi connectivity index (χ2n) is 5.19. The molecule has 0 spiro atoms. The molecule has 0 aliphatic rings. The van der Waals surface area contributed by atoms with Crippen LogP contribution in [0.4, 0.5) is 0 Å². The number of rotatable bonds is 8. The molecule has 3 heteroatoms. The minimum Gasteiger partial charge on any atom is -0.486 e. The Labute approximate surface area is 137 Å². The first-order valence-electron chi connectivity index (χ1n) is 7.44. The highest BCUT2D eigenvalue weighted by molar-refractivity contribution is 7.96. The zero-order valence-electron chi connectivity index (χ0n) is 13.2. The van der Waals surface area contributed by atoms with Crippen LogP contribution in [-0.4, -0.2) is 30.3 Å². The fraction of sp³-hybridized carbons (Fsp3) is 0.263. The smallest absolute Gasteiger partial charge is 0.128 e. The quantitative estimate of drug-likeness (QED) is 0.506. The molecular formula is C19H23NOS. The lowest BCUT2D eigenvalue weighted by atomic mass is 10.1. The Hall–Kier alpha value is -1.71. The number of benzene rings is 2. The Kier molecular flexibility index (Phi) is 6.56. The molecule has 116 valence electrons. The van der Waals surface area contributed by atoms with Crippen LogP contribution in [0.25, 0.3) is 10.8 Å². The molecule has 0 radical (unpaired) electrons. The second kappa shape index (κ2) is 8.66. The molecule has 0 saturated heterocycles. The van der Waals surface area contributed by atoms with E-state index in [4.69, 9.17) is 4.74 Å². The van der Waals surface area contributed by atoms with Crippen molar-refractivity contribution >= 4 is 22.7 Å². The summed E-state index contributed by atoms with van der Waals surface area (Å²) >= 11 is 1.80. The van der Waals surface area contributed by atoms with E-state index in [1.807, 2.05) is 24.3 Å². The number of nitrogens with zero attached hydrogens (tertiary/aromatic N) is 1. The lowest BCUT2D eigenvalue weighted by Crippen LogP contribution is -2.16. The van der Waals surface area contributed by atoms with E-state index in [-0.39, 0.29) is 6.10 Å². The predicted molar refractivity (Wildman–Crippen MR) is 98.5 cm³/mol. The molecule has 0 N–H and O–H groups in total. The number of fused-ring (bicyclic) bond motifs is 1. The Balaban J connectivity index is 2.14. The standard InChI is InChI=1S/C19H23NOS/c1-4-5-11-17(14-15-22-20(2)3)21-19-13-8-10-16-9-6-7-12-18(16)19/h4-13,17H,1,14-15H2,2-3H3/b11-5+. The number of hydrogen-bond acceptors (Lipinski definition) is 3. The van der Waals surface area contributed by atoms with Crippen molar-refractivity contribution in [1.82, 2.24) is 4.31 Å². The third-order valence-corrected chi connectivity index (χ3v) is 4.18. The van der Waals surface area contributed by atoms with Crippen molar-refractivity contribution in [3.63, 3.8) is 0 Å². The largest absolute Gasteiger partial charge is 0.486 e. The maximum absolute atomic E-state index is 6.25. The van der Waals surface area contributed by atoms with Gasteiger partial charge in [-0.25, -0.2) is 0 Å². The highest BCUT2D eigenvalue weighted by Crippen LogP contribution is 2.27. The van der Waals surface area contributed by atoms with Crippen LogP contribution in [0, 0.1) is 0 Å². The maximum Gasteiger partial charge on any atom is 0.128 e. The maximum atomic E-state index is 6.25. The lowest BCUT2D eigenvalue weighted by molar-refractivity contribution is 0.249. The van der Waals surface area contributed by atoms with Gasteiger partial charge in [-0.1, -0.05) is 67.1 Å². The van der Waals surface area contributed by atoms with Crippen molar-refractivity contribution in [3.05, 3.63) is 67.3 Å². The monoisotopic (exact) mass is 313 g/mol. The summed E-state index contributed by atoms with van der Waals surface area (Å²) in [6, 6.07) is 14.5. The van der Waals surface area contributed by atoms with Gasteiger partial charge in [0.05, 0.1) is 0 Å². The van der Waals surface area contributed by atoms with Gasteiger partial charge in [0.2, 0.25) is 0 Å². The second-order valence-corrected chi connectivity index (χ2v) is 6.59. The SMILES string of the molecule is C=C/C=C/C(CCSN(C)C)Oc1cccc2ccccc12. The molecule has 0 bridgehead atoms.